The third-order valence-corrected chi connectivity index (χ3v) is 2.54. The lowest BCUT2D eigenvalue weighted by molar-refractivity contribution is -0.143. The highest BCUT2D eigenvalue weighted by Gasteiger charge is 2.04. The minimum Gasteiger partial charge on any atom is -0.466 e. The lowest BCUT2D eigenvalue weighted by Crippen LogP contribution is -2.05. The zero-order valence-electron chi connectivity index (χ0n) is 10.3. The molecule has 0 unspecified atom stereocenters. The summed E-state index contributed by atoms with van der Waals surface area (Å²) in [4.78, 5) is 11.2. The Kier molecular flexibility index (Phi) is 5.03. The molecule has 1 aromatic carbocycles. The van der Waals surface area contributed by atoms with Crippen LogP contribution in [0.4, 0.5) is 0 Å². The Morgan fingerprint density at radius 3 is 2.75 bits per heavy atom. The summed E-state index contributed by atoms with van der Waals surface area (Å²) in [6.07, 6.45) is 1.23. The van der Waals surface area contributed by atoms with Crippen molar-refractivity contribution in [3.63, 3.8) is 0 Å². The molecule has 2 heteroatoms. The molecule has 0 saturated carbocycles. The third kappa shape index (κ3) is 4.05. The van der Waals surface area contributed by atoms with Gasteiger partial charge in [0.25, 0.3) is 0 Å². The van der Waals surface area contributed by atoms with Gasteiger partial charge in [0, 0.05) is 6.42 Å². The molecular weight excluding hydrogens is 200 g/mol. The SMILES string of the molecule is CCOC(=O)CCc1cccc(C(C)C)c1. The number of esters is 1. The molecule has 0 radical (unpaired) electrons. The van der Waals surface area contributed by atoms with Crippen LogP contribution in [0.1, 0.15) is 44.2 Å². The highest BCUT2D eigenvalue weighted by Crippen LogP contribution is 2.16. The van der Waals surface area contributed by atoms with Gasteiger partial charge < -0.3 is 4.74 Å². The first kappa shape index (κ1) is 12.8. The summed E-state index contributed by atoms with van der Waals surface area (Å²) >= 11 is 0. The molecule has 0 amide bonds. The Labute approximate surface area is 97.6 Å². The maximum Gasteiger partial charge on any atom is 0.306 e. The molecule has 0 aliphatic rings. The predicted octanol–water partition coefficient (Wildman–Crippen LogP) is 3.31. The van der Waals surface area contributed by atoms with Crippen molar-refractivity contribution in [2.75, 3.05) is 6.61 Å². The van der Waals surface area contributed by atoms with E-state index in [0.29, 0.717) is 18.9 Å². The van der Waals surface area contributed by atoms with Crippen LogP contribution in [0.2, 0.25) is 0 Å². The predicted molar refractivity (Wildman–Crippen MR) is 65.5 cm³/mol. The normalized spacial score (nSPS) is 10.5. The molecule has 0 atom stereocenters. The van der Waals surface area contributed by atoms with E-state index in [1.54, 1.807) is 0 Å². The molecule has 0 N–H and O–H groups in total. The van der Waals surface area contributed by atoms with Gasteiger partial charge in [-0.3, -0.25) is 4.79 Å². The monoisotopic (exact) mass is 220 g/mol. The van der Waals surface area contributed by atoms with Gasteiger partial charge in [0.1, 0.15) is 0 Å². The molecule has 0 spiro atoms. The average Bonchev–Trinajstić information content (AvgIpc) is 2.27. The maximum atomic E-state index is 11.2. The number of benzene rings is 1. The van der Waals surface area contributed by atoms with Crippen LogP contribution in [0.3, 0.4) is 0 Å². The van der Waals surface area contributed by atoms with Gasteiger partial charge in [0.05, 0.1) is 6.61 Å². The van der Waals surface area contributed by atoms with Crippen LogP contribution in [-0.2, 0) is 16.0 Å². The van der Waals surface area contributed by atoms with E-state index in [4.69, 9.17) is 4.74 Å². The van der Waals surface area contributed by atoms with Crippen molar-refractivity contribution in [2.45, 2.75) is 39.5 Å². The largest absolute Gasteiger partial charge is 0.466 e. The van der Waals surface area contributed by atoms with Gasteiger partial charge in [-0.15, -0.1) is 0 Å². The number of carbonyl (C=O) groups is 1. The smallest absolute Gasteiger partial charge is 0.306 e. The minimum absolute atomic E-state index is 0.113. The second kappa shape index (κ2) is 6.31. The van der Waals surface area contributed by atoms with Crippen LogP contribution in [0, 0.1) is 0 Å². The third-order valence-electron chi connectivity index (χ3n) is 2.54. The Balaban J connectivity index is 2.54. The molecule has 1 rings (SSSR count). The maximum absolute atomic E-state index is 11.2. The van der Waals surface area contributed by atoms with Gasteiger partial charge in [-0.05, 0) is 30.4 Å². The topological polar surface area (TPSA) is 26.3 Å². The number of hydrogen-bond donors (Lipinski definition) is 0. The highest BCUT2D eigenvalue weighted by molar-refractivity contribution is 5.69. The van der Waals surface area contributed by atoms with E-state index in [9.17, 15) is 4.79 Å². The highest BCUT2D eigenvalue weighted by atomic mass is 16.5. The molecule has 2 nitrogen and oxygen atoms in total. The first-order valence-electron chi connectivity index (χ1n) is 5.88. The molecule has 0 aliphatic carbocycles. The van der Waals surface area contributed by atoms with E-state index in [1.807, 2.05) is 6.92 Å². The van der Waals surface area contributed by atoms with Gasteiger partial charge in [-0.1, -0.05) is 38.1 Å². The van der Waals surface area contributed by atoms with E-state index in [1.165, 1.54) is 11.1 Å². The summed E-state index contributed by atoms with van der Waals surface area (Å²) < 4.78 is 4.90. The molecule has 88 valence electrons. The molecule has 0 heterocycles. The van der Waals surface area contributed by atoms with E-state index in [0.717, 1.165) is 6.42 Å². The van der Waals surface area contributed by atoms with Gasteiger partial charge in [0.15, 0.2) is 0 Å². The quantitative estimate of drug-likeness (QED) is 0.712. The van der Waals surface area contributed by atoms with Crippen LogP contribution in [0.5, 0.6) is 0 Å². The fourth-order valence-corrected chi connectivity index (χ4v) is 1.59. The number of hydrogen-bond acceptors (Lipinski definition) is 2. The van der Waals surface area contributed by atoms with Crippen LogP contribution in [-0.4, -0.2) is 12.6 Å². The van der Waals surface area contributed by atoms with Crippen LogP contribution in [0.15, 0.2) is 24.3 Å². The number of ether oxygens (including phenoxy) is 1. The van der Waals surface area contributed by atoms with Gasteiger partial charge in [-0.2, -0.15) is 0 Å². The van der Waals surface area contributed by atoms with E-state index >= 15 is 0 Å². The van der Waals surface area contributed by atoms with E-state index in [2.05, 4.69) is 38.1 Å². The molecule has 0 aliphatic heterocycles. The molecule has 0 aromatic heterocycles. The summed E-state index contributed by atoms with van der Waals surface area (Å²) in [7, 11) is 0. The fraction of sp³-hybridized carbons (Fsp3) is 0.500. The second-order valence-electron chi connectivity index (χ2n) is 4.20. The first-order chi connectivity index (χ1) is 7.63. The molecule has 0 fully saturated rings. The zero-order chi connectivity index (χ0) is 12.0. The summed E-state index contributed by atoms with van der Waals surface area (Å²) in [6, 6.07) is 8.41. The summed E-state index contributed by atoms with van der Waals surface area (Å²) in [5.41, 5.74) is 2.53. The van der Waals surface area contributed by atoms with Crippen LogP contribution in [0.25, 0.3) is 0 Å². The summed E-state index contributed by atoms with van der Waals surface area (Å²) in [6.45, 7) is 6.64. The Morgan fingerprint density at radius 1 is 1.38 bits per heavy atom. The van der Waals surface area contributed by atoms with Gasteiger partial charge in [-0.25, -0.2) is 0 Å². The van der Waals surface area contributed by atoms with Gasteiger partial charge in [0.2, 0.25) is 0 Å². The molecule has 16 heavy (non-hydrogen) atoms. The molecule has 1 aromatic rings. The number of aryl methyl sites for hydroxylation is 1. The standard InChI is InChI=1S/C14H20O2/c1-4-16-14(15)9-8-12-6-5-7-13(10-12)11(2)3/h5-7,10-11H,4,8-9H2,1-3H3. The first-order valence-corrected chi connectivity index (χ1v) is 5.88. The lowest BCUT2D eigenvalue weighted by atomic mass is 9.99. The zero-order valence-corrected chi connectivity index (χ0v) is 10.3. The number of carbonyl (C=O) groups excluding carboxylic acids is 1. The van der Waals surface area contributed by atoms with Crippen molar-refractivity contribution in [1.29, 1.82) is 0 Å². The second-order valence-corrected chi connectivity index (χ2v) is 4.20. The molecule has 0 saturated heterocycles. The lowest BCUT2D eigenvalue weighted by Gasteiger charge is -2.07. The molecule has 0 bridgehead atoms. The Hall–Kier alpha value is -1.31. The van der Waals surface area contributed by atoms with Crippen molar-refractivity contribution in [3.8, 4) is 0 Å². The molecular formula is C14H20O2. The summed E-state index contributed by atoms with van der Waals surface area (Å²) in [5.74, 6) is 0.417. The summed E-state index contributed by atoms with van der Waals surface area (Å²) in [5, 5.41) is 0. The van der Waals surface area contributed by atoms with Crippen molar-refractivity contribution in [2.24, 2.45) is 0 Å². The Morgan fingerprint density at radius 2 is 2.12 bits per heavy atom. The van der Waals surface area contributed by atoms with Crippen molar-refractivity contribution in [1.82, 2.24) is 0 Å². The van der Waals surface area contributed by atoms with Crippen LogP contribution < -0.4 is 0 Å². The van der Waals surface area contributed by atoms with E-state index in [-0.39, 0.29) is 5.97 Å². The van der Waals surface area contributed by atoms with Crippen molar-refractivity contribution < 1.29 is 9.53 Å². The van der Waals surface area contributed by atoms with Crippen molar-refractivity contribution in [3.05, 3.63) is 35.4 Å². The minimum atomic E-state index is -0.113. The fourth-order valence-electron chi connectivity index (χ4n) is 1.59. The van der Waals surface area contributed by atoms with Crippen LogP contribution >= 0.6 is 0 Å². The van der Waals surface area contributed by atoms with E-state index < -0.39 is 0 Å². The van der Waals surface area contributed by atoms with Gasteiger partial charge >= 0.3 is 5.97 Å². The Bertz CT molecular complexity index is 342. The number of rotatable bonds is 5. The van der Waals surface area contributed by atoms with Crippen molar-refractivity contribution >= 4 is 5.97 Å². The average molecular weight is 220 g/mol.